The number of hydrogen-bond acceptors (Lipinski definition) is 5. The topological polar surface area (TPSA) is 94.4 Å². The van der Waals surface area contributed by atoms with Gasteiger partial charge in [0, 0.05) is 25.9 Å². The molecule has 2 rings (SSSR count). The molecule has 0 radical (unpaired) electrons. The van der Waals surface area contributed by atoms with Crippen molar-refractivity contribution in [1.82, 2.24) is 10.6 Å². The average molecular weight is 315 g/mol. The zero-order valence-corrected chi connectivity index (χ0v) is 12.9. The van der Waals surface area contributed by atoms with Gasteiger partial charge in [-0.3, -0.25) is 4.79 Å². The fourth-order valence-corrected chi connectivity index (χ4v) is 2.31. The minimum atomic E-state index is -0.389. The van der Waals surface area contributed by atoms with Crippen LogP contribution in [0.5, 0.6) is 5.75 Å². The maximum atomic E-state index is 11.9. The lowest BCUT2D eigenvalue weighted by atomic mass is 10.1. The van der Waals surface area contributed by atoms with Crippen LogP contribution in [-0.2, 0) is 16.0 Å². The summed E-state index contributed by atoms with van der Waals surface area (Å²) < 4.78 is 5.42. The van der Waals surface area contributed by atoms with E-state index in [-0.39, 0.29) is 23.3 Å². The third kappa shape index (κ3) is 5.64. The predicted octanol–water partition coefficient (Wildman–Crippen LogP) is 1.23. The molecule has 0 spiro atoms. The van der Waals surface area contributed by atoms with Gasteiger partial charge in [0.2, 0.25) is 0 Å². The Kier molecular flexibility index (Phi) is 6.45. The van der Waals surface area contributed by atoms with E-state index in [1.165, 1.54) is 6.20 Å². The Labute approximate surface area is 135 Å². The number of rotatable bonds is 7. The van der Waals surface area contributed by atoms with Gasteiger partial charge in [0.15, 0.2) is 0 Å². The van der Waals surface area contributed by atoms with Crippen LogP contribution in [0.15, 0.2) is 36.0 Å². The molecule has 122 valence electrons. The van der Waals surface area contributed by atoms with E-state index in [2.05, 4.69) is 10.6 Å². The second kappa shape index (κ2) is 8.81. The van der Waals surface area contributed by atoms with Crippen LogP contribution in [0.25, 0.3) is 0 Å². The molecule has 1 aliphatic heterocycles. The molecule has 6 heteroatoms. The molecule has 1 saturated heterocycles. The van der Waals surface area contributed by atoms with Gasteiger partial charge >= 0.3 is 0 Å². The van der Waals surface area contributed by atoms with Gasteiger partial charge in [-0.05, 0) is 37.0 Å². The lowest BCUT2D eigenvalue weighted by Crippen LogP contribution is -2.33. The highest BCUT2D eigenvalue weighted by molar-refractivity contribution is 5.97. The quantitative estimate of drug-likeness (QED) is 0.400. The smallest absolute Gasteiger partial charge is 0.263 e. The molecule has 1 aliphatic rings. The molecule has 6 nitrogen and oxygen atoms in total. The molecule has 1 fully saturated rings. The van der Waals surface area contributed by atoms with E-state index in [1.807, 2.05) is 18.2 Å². The summed E-state index contributed by atoms with van der Waals surface area (Å²) in [5.41, 5.74) is 1.11. The van der Waals surface area contributed by atoms with Gasteiger partial charge in [-0.2, -0.15) is 5.26 Å². The molecular weight excluding hydrogens is 294 g/mol. The summed E-state index contributed by atoms with van der Waals surface area (Å²) in [5.74, 6) is -0.156. The van der Waals surface area contributed by atoms with Crippen molar-refractivity contribution in [3.8, 4) is 11.8 Å². The third-order valence-electron chi connectivity index (χ3n) is 3.62. The van der Waals surface area contributed by atoms with E-state index in [9.17, 15) is 9.90 Å². The van der Waals surface area contributed by atoms with Gasteiger partial charge in [0.25, 0.3) is 5.91 Å². The first-order chi connectivity index (χ1) is 11.2. The van der Waals surface area contributed by atoms with Gasteiger partial charge in [-0.1, -0.05) is 12.1 Å². The maximum Gasteiger partial charge on any atom is 0.263 e. The van der Waals surface area contributed by atoms with Crippen molar-refractivity contribution in [2.45, 2.75) is 25.4 Å². The van der Waals surface area contributed by atoms with Crippen molar-refractivity contribution >= 4 is 5.91 Å². The first-order valence-corrected chi connectivity index (χ1v) is 7.70. The van der Waals surface area contributed by atoms with Crippen molar-refractivity contribution in [1.29, 1.82) is 5.26 Å². The fourth-order valence-electron chi connectivity index (χ4n) is 2.31. The molecular formula is C17H21N3O3. The molecule has 3 N–H and O–H groups in total. The molecule has 0 aliphatic carbocycles. The van der Waals surface area contributed by atoms with Crippen LogP contribution in [0.2, 0.25) is 0 Å². The number of hydrogen-bond donors (Lipinski definition) is 3. The van der Waals surface area contributed by atoms with Crippen LogP contribution >= 0.6 is 0 Å². The summed E-state index contributed by atoms with van der Waals surface area (Å²) in [6.45, 7) is 1.76. The van der Waals surface area contributed by atoms with Gasteiger partial charge in [-0.15, -0.1) is 0 Å². The Morgan fingerprint density at radius 2 is 2.22 bits per heavy atom. The van der Waals surface area contributed by atoms with Crippen molar-refractivity contribution < 1.29 is 14.6 Å². The van der Waals surface area contributed by atoms with Gasteiger partial charge in [0.05, 0.1) is 6.10 Å². The highest BCUT2D eigenvalue weighted by Crippen LogP contribution is 2.11. The summed E-state index contributed by atoms with van der Waals surface area (Å²) in [6.07, 6.45) is 4.18. The summed E-state index contributed by atoms with van der Waals surface area (Å²) >= 11 is 0. The van der Waals surface area contributed by atoms with E-state index < -0.39 is 0 Å². The number of carbonyl (C=O) groups excluding carboxylic acids is 1. The van der Waals surface area contributed by atoms with Gasteiger partial charge in [-0.25, -0.2) is 0 Å². The summed E-state index contributed by atoms with van der Waals surface area (Å²) in [6, 6.07) is 8.82. The number of carbonyl (C=O) groups is 1. The number of aromatic hydroxyl groups is 1. The monoisotopic (exact) mass is 315 g/mol. The molecule has 1 aromatic carbocycles. The third-order valence-corrected chi connectivity index (χ3v) is 3.62. The van der Waals surface area contributed by atoms with Crippen LogP contribution in [0.4, 0.5) is 0 Å². The van der Waals surface area contributed by atoms with E-state index >= 15 is 0 Å². The first kappa shape index (κ1) is 16.8. The van der Waals surface area contributed by atoms with Crippen molar-refractivity contribution in [3.63, 3.8) is 0 Å². The standard InChI is InChI=1S/C17H21N3O3/c18-10-14(17(22)20-12-16-2-1-9-23-16)11-19-8-7-13-3-5-15(21)6-4-13/h3-6,11,16,19,21H,1-2,7-9,12H2,(H,20,22)/b14-11-. The van der Waals surface area contributed by atoms with E-state index in [4.69, 9.17) is 10.00 Å². The number of nitrogens with zero attached hydrogens (tertiary/aromatic N) is 1. The van der Waals surface area contributed by atoms with Crippen molar-refractivity contribution in [3.05, 3.63) is 41.6 Å². The molecule has 1 unspecified atom stereocenters. The molecule has 1 amide bonds. The lowest BCUT2D eigenvalue weighted by molar-refractivity contribution is -0.117. The van der Waals surface area contributed by atoms with Crippen LogP contribution < -0.4 is 10.6 Å². The number of nitriles is 1. The fraction of sp³-hybridized carbons (Fsp3) is 0.412. The average Bonchev–Trinajstić information content (AvgIpc) is 3.08. The molecule has 1 heterocycles. The normalized spacial score (nSPS) is 17.5. The number of ether oxygens (including phenoxy) is 1. The SMILES string of the molecule is N#C/C(=C/NCCc1ccc(O)cc1)C(=O)NCC1CCCO1. The Morgan fingerprint density at radius 3 is 2.87 bits per heavy atom. The lowest BCUT2D eigenvalue weighted by Gasteiger charge is -2.10. The number of phenolic OH excluding ortho intramolecular Hbond substituents is 1. The van der Waals surface area contributed by atoms with Crippen molar-refractivity contribution in [2.75, 3.05) is 19.7 Å². The molecule has 1 aromatic rings. The summed E-state index contributed by atoms with van der Waals surface area (Å²) in [7, 11) is 0. The van der Waals surface area contributed by atoms with Gasteiger partial charge in [0.1, 0.15) is 17.4 Å². The highest BCUT2D eigenvalue weighted by Gasteiger charge is 2.17. The van der Waals surface area contributed by atoms with Crippen LogP contribution in [0.3, 0.4) is 0 Å². The number of benzene rings is 1. The van der Waals surface area contributed by atoms with Crippen molar-refractivity contribution in [2.24, 2.45) is 0 Å². The highest BCUT2D eigenvalue weighted by atomic mass is 16.5. The molecule has 0 aromatic heterocycles. The Hall–Kier alpha value is -2.52. The summed E-state index contributed by atoms with van der Waals surface area (Å²) in [4.78, 5) is 11.9. The van der Waals surface area contributed by atoms with Crippen LogP contribution in [-0.4, -0.2) is 36.8 Å². The number of nitrogens with one attached hydrogen (secondary N) is 2. The van der Waals surface area contributed by atoms with E-state index in [0.717, 1.165) is 31.4 Å². The van der Waals surface area contributed by atoms with Crippen LogP contribution in [0.1, 0.15) is 18.4 Å². The minimum Gasteiger partial charge on any atom is -0.508 e. The zero-order valence-electron chi connectivity index (χ0n) is 12.9. The maximum absolute atomic E-state index is 11.9. The number of phenols is 1. The zero-order chi connectivity index (χ0) is 16.5. The Bertz CT molecular complexity index is 584. The van der Waals surface area contributed by atoms with E-state index in [1.54, 1.807) is 12.1 Å². The van der Waals surface area contributed by atoms with E-state index in [0.29, 0.717) is 13.1 Å². The largest absolute Gasteiger partial charge is 0.508 e. The molecule has 0 bridgehead atoms. The molecule has 1 atom stereocenters. The summed E-state index contributed by atoms with van der Waals surface area (Å²) in [5, 5.41) is 24.0. The molecule has 23 heavy (non-hydrogen) atoms. The Morgan fingerprint density at radius 1 is 1.43 bits per heavy atom. The predicted molar refractivity (Wildman–Crippen MR) is 85.5 cm³/mol. The number of amides is 1. The van der Waals surface area contributed by atoms with Gasteiger partial charge < -0.3 is 20.5 Å². The second-order valence-electron chi connectivity index (χ2n) is 5.39. The second-order valence-corrected chi connectivity index (χ2v) is 5.39. The molecule has 0 saturated carbocycles. The first-order valence-electron chi connectivity index (χ1n) is 7.70. The van der Waals surface area contributed by atoms with Crippen LogP contribution in [0, 0.1) is 11.3 Å². The Balaban J connectivity index is 1.73. The minimum absolute atomic E-state index is 0.0497.